The van der Waals surface area contributed by atoms with Crippen LogP contribution in [0.2, 0.25) is 0 Å². The molecule has 3 rings (SSSR count). The number of carbonyl (C=O) groups is 1. The van der Waals surface area contributed by atoms with Gasteiger partial charge in [-0.2, -0.15) is 18.2 Å². The minimum atomic E-state index is -4.44. The van der Waals surface area contributed by atoms with E-state index in [0.717, 1.165) is 12.1 Å². The summed E-state index contributed by atoms with van der Waals surface area (Å²) in [7, 11) is 0. The van der Waals surface area contributed by atoms with E-state index >= 15 is 0 Å². The molecule has 1 aliphatic rings. The Kier molecular flexibility index (Phi) is 5.12. The summed E-state index contributed by atoms with van der Waals surface area (Å²) in [4.78, 5) is 20.0. The van der Waals surface area contributed by atoms with E-state index < -0.39 is 17.8 Å². The minimum absolute atomic E-state index is 0.119. The number of anilines is 1. The number of aromatic nitrogens is 2. The van der Waals surface area contributed by atoms with Gasteiger partial charge < -0.3 is 14.7 Å². The van der Waals surface area contributed by atoms with Gasteiger partial charge in [-0.05, 0) is 25.1 Å². The van der Waals surface area contributed by atoms with Crippen LogP contribution in [-0.4, -0.2) is 52.2 Å². The first-order chi connectivity index (χ1) is 12.3. The molecule has 140 valence electrons. The molecule has 26 heavy (non-hydrogen) atoms. The number of hydrogen-bond acceptors (Lipinski definition) is 5. The van der Waals surface area contributed by atoms with Gasteiger partial charge in [-0.3, -0.25) is 4.90 Å². The second kappa shape index (κ2) is 7.32. The number of urea groups is 1. The molecule has 0 unspecified atom stereocenters. The fraction of sp³-hybridized carbons (Fsp3) is 0.438. The van der Waals surface area contributed by atoms with Gasteiger partial charge in [0.15, 0.2) is 5.82 Å². The van der Waals surface area contributed by atoms with E-state index in [0.29, 0.717) is 44.4 Å². The van der Waals surface area contributed by atoms with E-state index in [-0.39, 0.29) is 5.69 Å². The largest absolute Gasteiger partial charge is 0.416 e. The number of halogens is 3. The summed E-state index contributed by atoms with van der Waals surface area (Å²) in [6.45, 7) is 4.37. The Morgan fingerprint density at radius 3 is 2.62 bits per heavy atom. The maximum absolute atomic E-state index is 12.7. The van der Waals surface area contributed by atoms with Crippen molar-refractivity contribution in [3.8, 4) is 0 Å². The molecule has 1 fully saturated rings. The van der Waals surface area contributed by atoms with Gasteiger partial charge in [-0.15, -0.1) is 0 Å². The van der Waals surface area contributed by atoms with Crippen molar-refractivity contribution in [3.63, 3.8) is 0 Å². The molecular weight excluding hydrogens is 351 g/mol. The zero-order valence-electron chi connectivity index (χ0n) is 14.1. The lowest BCUT2D eigenvalue weighted by Crippen LogP contribution is -2.49. The van der Waals surface area contributed by atoms with Crippen LogP contribution in [0, 0.1) is 6.92 Å². The predicted octanol–water partition coefficient (Wildman–Crippen LogP) is 2.75. The van der Waals surface area contributed by atoms with Crippen molar-refractivity contribution in [2.75, 3.05) is 31.5 Å². The molecule has 1 N–H and O–H groups in total. The van der Waals surface area contributed by atoms with E-state index in [2.05, 4.69) is 20.4 Å². The first kappa shape index (κ1) is 18.2. The van der Waals surface area contributed by atoms with Crippen molar-refractivity contribution < 1.29 is 22.5 Å². The van der Waals surface area contributed by atoms with Crippen molar-refractivity contribution in [1.82, 2.24) is 19.9 Å². The molecule has 0 saturated carbocycles. The van der Waals surface area contributed by atoms with Gasteiger partial charge in [-0.1, -0.05) is 11.2 Å². The van der Waals surface area contributed by atoms with E-state index in [1.165, 1.54) is 12.1 Å². The third kappa shape index (κ3) is 4.51. The lowest BCUT2D eigenvalue weighted by atomic mass is 10.2. The van der Waals surface area contributed by atoms with Crippen molar-refractivity contribution in [2.45, 2.75) is 19.6 Å². The summed E-state index contributed by atoms with van der Waals surface area (Å²) < 4.78 is 43.3. The van der Waals surface area contributed by atoms with Crippen LogP contribution in [0.15, 0.2) is 28.8 Å². The second-order valence-electron chi connectivity index (χ2n) is 6.01. The summed E-state index contributed by atoms with van der Waals surface area (Å²) >= 11 is 0. The molecule has 0 atom stereocenters. The molecule has 2 aromatic rings. The van der Waals surface area contributed by atoms with E-state index in [9.17, 15) is 18.0 Å². The van der Waals surface area contributed by atoms with Crippen molar-refractivity contribution in [1.29, 1.82) is 0 Å². The van der Waals surface area contributed by atoms with Gasteiger partial charge >= 0.3 is 12.2 Å². The molecule has 0 radical (unpaired) electrons. The third-order valence-electron chi connectivity index (χ3n) is 4.03. The Bertz CT molecular complexity index is 769. The number of alkyl halides is 3. The standard InChI is InChI=1S/C16H18F3N5O2/c1-11-20-14(26-22-11)10-23-5-7-24(8-6-23)15(25)21-13-4-2-3-12(9-13)16(17,18)19/h2-4,9H,5-8,10H2,1H3,(H,21,25). The molecule has 0 bridgehead atoms. The number of carbonyl (C=O) groups excluding carboxylic acids is 1. The van der Waals surface area contributed by atoms with E-state index in [1.54, 1.807) is 11.8 Å². The first-order valence-corrected chi connectivity index (χ1v) is 8.06. The Balaban J connectivity index is 1.52. The highest BCUT2D eigenvalue weighted by molar-refractivity contribution is 5.89. The average molecular weight is 369 g/mol. The molecule has 10 heteroatoms. The molecule has 1 saturated heterocycles. The number of aryl methyl sites for hydroxylation is 1. The van der Waals surface area contributed by atoms with Gasteiger partial charge in [0.2, 0.25) is 5.89 Å². The molecule has 0 aliphatic carbocycles. The number of nitrogens with one attached hydrogen (secondary N) is 1. The molecule has 1 aliphatic heterocycles. The lowest BCUT2D eigenvalue weighted by molar-refractivity contribution is -0.137. The maximum Gasteiger partial charge on any atom is 0.416 e. The Labute approximate surface area is 147 Å². The molecule has 2 heterocycles. The predicted molar refractivity (Wildman–Crippen MR) is 86.3 cm³/mol. The fourth-order valence-corrected chi connectivity index (χ4v) is 2.68. The van der Waals surface area contributed by atoms with Gasteiger partial charge in [0.1, 0.15) is 0 Å². The summed E-state index contributed by atoms with van der Waals surface area (Å²) in [5.74, 6) is 1.09. The molecular formula is C16H18F3N5O2. The van der Waals surface area contributed by atoms with Crippen LogP contribution in [0.3, 0.4) is 0 Å². The topological polar surface area (TPSA) is 74.5 Å². The van der Waals surface area contributed by atoms with Gasteiger partial charge in [0, 0.05) is 31.9 Å². The van der Waals surface area contributed by atoms with Crippen LogP contribution < -0.4 is 5.32 Å². The van der Waals surface area contributed by atoms with Crippen LogP contribution >= 0.6 is 0 Å². The lowest BCUT2D eigenvalue weighted by Gasteiger charge is -2.33. The smallest absolute Gasteiger partial charge is 0.338 e. The zero-order chi connectivity index (χ0) is 18.7. The van der Waals surface area contributed by atoms with Crippen LogP contribution in [0.5, 0.6) is 0 Å². The summed E-state index contributed by atoms with van der Waals surface area (Å²) in [6.07, 6.45) is -4.44. The summed E-state index contributed by atoms with van der Waals surface area (Å²) in [5, 5.41) is 6.25. The van der Waals surface area contributed by atoms with Gasteiger partial charge in [-0.25, -0.2) is 4.79 Å². The number of nitrogens with zero attached hydrogens (tertiary/aromatic N) is 4. The second-order valence-corrected chi connectivity index (χ2v) is 6.01. The molecule has 0 spiro atoms. The molecule has 2 amide bonds. The molecule has 1 aromatic carbocycles. The molecule has 1 aromatic heterocycles. The monoisotopic (exact) mass is 369 g/mol. The average Bonchev–Trinajstić information content (AvgIpc) is 3.00. The summed E-state index contributed by atoms with van der Waals surface area (Å²) in [6, 6.07) is 4.17. The fourth-order valence-electron chi connectivity index (χ4n) is 2.68. The van der Waals surface area contributed by atoms with Gasteiger partial charge in [0.25, 0.3) is 0 Å². The van der Waals surface area contributed by atoms with Crippen LogP contribution in [0.25, 0.3) is 0 Å². The van der Waals surface area contributed by atoms with E-state index in [1.807, 2.05) is 0 Å². The van der Waals surface area contributed by atoms with Crippen molar-refractivity contribution >= 4 is 11.7 Å². The van der Waals surface area contributed by atoms with Crippen molar-refractivity contribution in [3.05, 3.63) is 41.5 Å². The quantitative estimate of drug-likeness (QED) is 0.901. The highest BCUT2D eigenvalue weighted by Crippen LogP contribution is 2.30. The van der Waals surface area contributed by atoms with Crippen molar-refractivity contribution in [2.24, 2.45) is 0 Å². The third-order valence-corrected chi connectivity index (χ3v) is 4.03. The van der Waals surface area contributed by atoms with Crippen LogP contribution in [0.1, 0.15) is 17.3 Å². The highest BCUT2D eigenvalue weighted by Gasteiger charge is 2.30. The minimum Gasteiger partial charge on any atom is -0.338 e. The first-order valence-electron chi connectivity index (χ1n) is 8.06. The Hall–Kier alpha value is -2.62. The Morgan fingerprint density at radius 1 is 1.27 bits per heavy atom. The number of amides is 2. The zero-order valence-corrected chi connectivity index (χ0v) is 14.1. The number of benzene rings is 1. The normalized spacial score (nSPS) is 15.9. The SMILES string of the molecule is Cc1noc(CN2CCN(C(=O)Nc3cccc(C(F)(F)F)c3)CC2)n1. The Morgan fingerprint density at radius 2 is 2.00 bits per heavy atom. The summed E-state index contributed by atoms with van der Waals surface area (Å²) in [5.41, 5.74) is -0.677. The number of piperazine rings is 1. The van der Waals surface area contributed by atoms with Crippen LogP contribution in [0.4, 0.5) is 23.7 Å². The van der Waals surface area contributed by atoms with Crippen LogP contribution in [-0.2, 0) is 12.7 Å². The number of rotatable bonds is 3. The van der Waals surface area contributed by atoms with Gasteiger partial charge in [0.05, 0.1) is 12.1 Å². The highest BCUT2D eigenvalue weighted by atomic mass is 19.4. The van der Waals surface area contributed by atoms with E-state index in [4.69, 9.17) is 4.52 Å². The number of hydrogen-bond donors (Lipinski definition) is 1. The maximum atomic E-state index is 12.7. The molecule has 7 nitrogen and oxygen atoms in total.